The molecule has 134 valence electrons. The van der Waals surface area contributed by atoms with Gasteiger partial charge in [-0.2, -0.15) is 8.78 Å². The van der Waals surface area contributed by atoms with E-state index in [-0.39, 0.29) is 30.5 Å². The van der Waals surface area contributed by atoms with Gasteiger partial charge in [0.25, 0.3) is 5.91 Å². The van der Waals surface area contributed by atoms with E-state index in [1.165, 1.54) is 4.90 Å². The molecule has 1 aliphatic rings. The minimum Gasteiger partial charge on any atom is -0.477 e. The fourth-order valence-corrected chi connectivity index (χ4v) is 4.28. The standard InChI is InChI=1S/C14H15F4NO4S/c1-2-19(8-3-4-24(21,22)7-8)11(20)6-23-14-12(17)9(15)5-10(16)13(14)18/h5,8H,2-4,6-7H2,1H3. The van der Waals surface area contributed by atoms with E-state index in [1.54, 1.807) is 6.92 Å². The molecular weight excluding hydrogens is 354 g/mol. The maximum absolute atomic E-state index is 13.5. The summed E-state index contributed by atoms with van der Waals surface area (Å²) in [6.45, 7) is 0.887. The third-order valence-corrected chi connectivity index (χ3v) is 5.47. The van der Waals surface area contributed by atoms with Crippen molar-refractivity contribution in [3.05, 3.63) is 29.3 Å². The van der Waals surface area contributed by atoms with E-state index >= 15 is 0 Å². The molecule has 1 aromatic rings. The quantitative estimate of drug-likeness (QED) is 0.585. The van der Waals surface area contributed by atoms with Crippen LogP contribution in [-0.4, -0.2) is 49.9 Å². The van der Waals surface area contributed by atoms with Gasteiger partial charge in [0.2, 0.25) is 11.6 Å². The van der Waals surface area contributed by atoms with E-state index in [0.29, 0.717) is 0 Å². The molecule has 1 fully saturated rings. The molecule has 1 aliphatic heterocycles. The molecule has 1 amide bonds. The Kier molecular flexibility index (Phi) is 5.36. The number of ether oxygens (including phenoxy) is 1. The number of nitrogens with zero attached hydrogens (tertiary/aromatic N) is 1. The van der Waals surface area contributed by atoms with Gasteiger partial charge < -0.3 is 9.64 Å². The maximum atomic E-state index is 13.5. The molecule has 1 heterocycles. The molecule has 0 saturated carbocycles. The van der Waals surface area contributed by atoms with Gasteiger partial charge in [0.1, 0.15) is 0 Å². The summed E-state index contributed by atoms with van der Waals surface area (Å²) in [5.41, 5.74) is 0. The number of rotatable bonds is 5. The van der Waals surface area contributed by atoms with Crippen LogP contribution in [0.4, 0.5) is 17.6 Å². The van der Waals surface area contributed by atoms with Crippen molar-refractivity contribution in [2.24, 2.45) is 0 Å². The maximum Gasteiger partial charge on any atom is 0.260 e. The lowest BCUT2D eigenvalue weighted by Gasteiger charge is -2.26. The summed E-state index contributed by atoms with van der Waals surface area (Å²) >= 11 is 0. The second kappa shape index (κ2) is 6.96. The molecule has 0 bridgehead atoms. The molecule has 0 aliphatic carbocycles. The fourth-order valence-electron chi connectivity index (χ4n) is 2.55. The summed E-state index contributed by atoms with van der Waals surface area (Å²) in [5, 5.41) is 0. The molecule has 0 spiro atoms. The van der Waals surface area contributed by atoms with Gasteiger partial charge in [-0.15, -0.1) is 0 Å². The first-order chi connectivity index (χ1) is 11.2. The minimum atomic E-state index is -3.23. The van der Waals surface area contributed by atoms with Gasteiger partial charge in [0, 0.05) is 18.7 Å². The van der Waals surface area contributed by atoms with Crippen LogP contribution in [0, 0.1) is 23.3 Å². The summed E-state index contributed by atoms with van der Waals surface area (Å²) in [6, 6.07) is -0.531. The van der Waals surface area contributed by atoms with E-state index in [4.69, 9.17) is 0 Å². The molecule has 0 N–H and O–H groups in total. The average molecular weight is 369 g/mol. The fraction of sp³-hybridized carbons (Fsp3) is 0.500. The molecular formula is C14H15F4NO4S. The molecule has 1 aromatic carbocycles. The monoisotopic (exact) mass is 369 g/mol. The normalized spacial score (nSPS) is 19.3. The van der Waals surface area contributed by atoms with Crippen LogP contribution in [0.2, 0.25) is 0 Å². The van der Waals surface area contributed by atoms with Crippen LogP contribution < -0.4 is 4.74 Å². The number of sulfone groups is 1. The van der Waals surface area contributed by atoms with Gasteiger partial charge in [0.15, 0.2) is 33.8 Å². The molecule has 2 rings (SSSR count). The van der Waals surface area contributed by atoms with Crippen LogP contribution in [0.1, 0.15) is 13.3 Å². The van der Waals surface area contributed by atoms with Crippen molar-refractivity contribution in [3.8, 4) is 5.75 Å². The van der Waals surface area contributed by atoms with Crippen molar-refractivity contribution in [1.82, 2.24) is 4.90 Å². The van der Waals surface area contributed by atoms with Gasteiger partial charge in [-0.05, 0) is 13.3 Å². The molecule has 1 atom stereocenters. The van der Waals surface area contributed by atoms with Crippen molar-refractivity contribution < 1.29 is 35.5 Å². The number of carbonyl (C=O) groups is 1. The molecule has 0 aromatic heterocycles. The Bertz CT molecular complexity index is 727. The number of carbonyl (C=O) groups excluding carboxylic acids is 1. The Morgan fingerprint density at radius 2 is 1.83 bits per heavy atom. The Hall–Kier alpha value is -1.84. The number of hydrogen-bond donors (Lipinski definition) is 0. The zero-order valence-electron chi connectivity index (χ0n) is 12.7. The third-order valence-electron chi connectivity index (χ3n) is 3.72. The highest BCUT2D eigenvalue weighted by molar-refractivity contribution is 7.91. The summed E-state index contributed by atoms with van der Waals surface area (Å²) in [6.07, 6.45) is 0.249. The lowest BCUT2D eigenvalue weighted by molar-refractivity contribution is -0.135. The molecule has 1 unspecified atom stereocenters. The summed E-state index contributed by atoms with van der Waals surface area (Å²) in [7, 11) is -3.23. The van der Waals surface area contributed by atoms with Crippen LogP contribution in [0.5, 0.6) is 5.75 Å². The Morgan fingerprint density at radius 3 is 2.29 bits per heavy atom. The first kappa shape index (κ1) is 18.5. The van der Waals surface area contributed by atoms with E-state index in [2.05, 4.69) is 4.74 Å². The van der Waals surface area contributed by atoms with E-state index in [1.807, 2.05) is 0 Å². The number of halogens is 4. The molecule has 0 radical (unpaired) electrons. The second-order valence-corrected chi connectivity index (χ2v) is 7.55. The van der Waals surface area contributed by atoms with Gasteiger partial charge >= 0.3 is 0 Å². The van der Waals surface area contributed by atoms with Crippen molar-refractivity contribution >= 4 is 15.7 Å². The highest BCUT2D eigenvalue weighted by atomic mass is 32.2. The SMILES string of the molecule is CCN(C(=O)COc1c(F)c(F)cc(F)c1F)C1CCS(=O)(=O)C1. The number of benzene rings is 1. The van der Waals surface area contributed by atoms with Gasteiger partial charge in [0.05, 0.1) is 11.5 Å². The van der Waals surface area contributed by atoms with Gasteiger partial charge in [-0.25, -0.2) is 17.2 Å². The predicted octanol–water partition coefficient (Wildman–Crippen LogP) is 1.66. The topological polar surface area (TPSA) is 63.7 Å². The van der Waals surface area contributed by atoms with Crippen LogP contribution in [-0.2, 0) is 14.6 Å². The summed E-state index contributed by atoms with van der Waals surface area (Å²) in [4.78, 5) is 13.3. The van der Waals surface area contributed by atoms with Crippen LogP contribution in [0.3, 0.4) is 0 Å². The largest absolute Gasteiger partial charge is 0.477 e. The second-order valence-electron chi connectivity index (χ2n) is 5.32. The van der Waals surface area contributed by atoms with Crippen molar-refractivity contribution in [2.75, 3.05) is 24.7 Å². The highest BCUT2D eigenvalue weighted by Crippen LogP contribution is 2.26. The average Bonchev–Trinajstić information content (AvgIpc) is 2.86. The lowest BCUT2D eigenvalue weighted by Crippen LogP contribution is -2.43. The highest BCUT2D eigenvalue weighted by Gasteiger charge is 2.34. The zero-order chi connectivity index (χ0) is 18.1. The van der Waals surface area contributed by atoms with Crippen LogP contribution in [0.15, 0.2) is 6.07 Å². The summed E-state index contributed by atoms with van der Waals surface area (Å²) in [5.74, 6) is -9.10. The van der Waals surface area contributed by atoms with Crippen molar-refractivity contribution in [3.63, 3.8) is 0 Å². The van der Waals surface area contributed by atoms with Crippen molar-refractivity contribution in [1.29, 1.82) is 0 Å². The Balaban J connectivity index is 2.10. The van der Waals surface area contributed by atoms with E-state index in [9.17, 15) is 30.8 Å². The predicted molar refractivity (Wildman–Crippen MR) is 76.2 cm³/mol. The van der Waals surface area contributed by atoms with Crippen LogP contribution >= 0.6 is 0 Å². The first-order valence-corrected chi connectivity index (χ1v) is 8.94. The molecule has 24 heavy (non-hydrogen) atoms. The Morgan fingerprint density at radius 1 is 1.25 bits per heavy atom. The molecule has 5 nitrogen and oxygen atoms in total. The first-order valence-electron chi connectivity index (χ1n) is 7.12. The van der Waals surface area contributed by atoms with Crippen molar-refractivity contribution in [2.45, 2.75) is 19.4 Å². The van der Waals surface area contributed by atoms with Gasteiger partial charge in [-0.3, -0.25) is 4.79 Å². The van der Waals surface area contributed by atoms with Gasteiger partial charge in [-0.1, -0.05) is 0 Å². The number of amides is 1. The minimum absolute atomic E-state index is 0.0289. The zero-order valence-corrected chi connectivity index (χ0v) is 13.5. The number of hydrogen-bond acceptors (Lipinski definition) is 4. The lowest BCUT2D eigenvalue weighted by atomic mass is 10.2. The van der Waals surface area contributed by atoms with E-state index < -0.39 is 57.4 Å². The third kappa shape index (κ3) is 3.80. The molecule has 10 heteroatoms. The smallest absolute Gasteiger partial charge is 0.260 e. The molecule has 1 saturated heterocycles. The van der Waals surface area contributed by atoms with Crippen LogP contribution in [0.25, 0.3) is 0 Å². The van der Waals surface area contributed by atoms with E-state index in [0.717, 1.165) is 0 Å². The Labute approximate surface area is 136 Å². The number of likely N-dealkylation sites (N-methyl/N-ethyl adjacent to an activating group) is 1. The summed E-state index contributed by atoms with van der Waals surface area (Å²) < 4.78 is 80.7.